The summed E-state index contributed by atoms with van der Waals surface area (Å²) in [6.07, 6.45) is 20.2. The molecule has 2 aliphatic heterocycles. The number of fused-ring (bicyclic) bond motifs is 1. The molecular formula is C26H27F2N5S. The van der Waals surface area contributed by atoms with Crippen LogP contribution in [0.4, 0.5) is 8.78 Å². The van der Waals surface area contributed by atoms with E-state index in [0.717, 1.165) is 16.9 Å². The lowest BCUT2D eigenvalue weighted by molar-refractivity contribution is -0.107. The molecule has 1 saturated carbocycles. The first-order chi connectivity index (χ1) is 16.2. The third-order valence-electron chi connectivity index (χ3n) is 5.06. The van der Waals surface area contributed by atoms with E-state index >= 15 is 0 Å². The fourth-order valence-electron chi connectivity index (χ4n) is 3.40. The normalized spacial score (nSPS) is 22.1. The van der Waals surface area contributed by atoms with E-state index in [2.05, 4.69) is 34.1 Å². The zero-order valence-electron chi connectivity index (χ0n) is 19.0. The summed E-state index contributed by atoms with van der Waals surface area (Å²) in [5, 5.41) is 0. The molecule has 0 saturated heterocycles. The molecule has 2 N–H and O–H groups in total. The van der Waals surface area contributed by atoms with Gasteiger partial charge in [-0.05, 0) is 24.1 Å². The maximum atomic E-state index is 13.2. The average molecular weight is 480 g/mol. The highest BCUT2D eigenvalue weighted by molar-refractivity contribution is 7.96. The van der Waals surface area contributed by atoms with E-state index in [9.17, 15) is 8.78 Å². The zero-order chi connectivity index (χ0) is 24.8. The number of aliphatic imine (C=N–C) groups is 2. The standard InChI is InChI=1S/C26H27F2N5S/c1-5-9-20(6-2)11-12-22-16-30-23-14-19(4)32-34-33(23)24(22)31-15-21(7-3)10-8-13-25(29)17-26(27,28)18-25/h5-16H,1-3,17-18,29H2,4H3/b12-11+,13-8+,20-9+,21-10+,31-15+. The number of nitrogens with two attached hydrogens (primary N) is 1. The van der Waals surface area contributed by atoms with Crippen molar-refractivity contribution in [2.24, 2.45) is 20.1 Å². The van der Waals surface area contributed by atoms with E-state index in [4.69, 9.17) is 5.73 Å². The van der Waals surface area contributed by atoms with Crippen LogP contribution in [-0.2, 0) is 0 Å². The minimum Gasteiger partial charge on any atom is -0.322 e. The molecule has 3 aliphatic rings. The Morgan fingerprint density at radius 1 is 1.21 bits per heavy atom. The van der Waals surface area contributed by atoms with Crippen molar-refractivity contribution in [3.05, 3.63) is 109 Å². The van der Waals surface area contributed by atoms with Gasteiger partial charge < -0.3 is 5.73 Å². The Kier molecular flexibility index (Phi) is 7.96. The van der Waals surface area contributed by atoms with Crippen LogP contribution in [0.15, 0.2) is 123 Å². The summed E-state index contributed by atoms with van der Waals surface area (Å²) in [6.45, 7) is 13.2. The molecule has 0 aromatic rings. The maximum absolute atomic E-state index is 13.2. The molecule has 0 bridgehead atoms. The molecule has 0 atom stereocenters. The smallest absolute Gasteiger partial charge is 0.252 e. The molecule has 8 heteroatoms. The van der Waals surface area contributed by atoms with E-state index in [0.29, 0.717) is 17.2 Å². The second-order valence-corrected chi connectivity index (χ2v) is 8.73. The van der Waals surface area contributed by atoms with Crippen molar-refractivity contribution < 1.29 is 8.78 Å². The molecule has 3 rings (SSSR count). The molecule has 0 radical (unpaired) electrons. The summed E-state index contributed by atoms with van der Waals surface area (Å²) >= 11 is 1.24. The Balaban J connectivity index is 1.89. The highest BCUT2D eigenvalue weighted by Crippen LogP contribution is 2.44. The van der Waals surface area contributed by atoms with Crippen molar-refractivity contribution in [1.29, 1.82) is 0 Å². The number of allylic oxidation sites excluding steroid dienone is 12. The van der Waals surface area contributed by atoms with Gasteiger partial charge in [-0.3, -0.25) is 0 Å². The summed E-state index contributed by atoms with van der Waals surface area (Å²) in [5.74, 6) is -1.34. The highest BCUT2D eigenvalue weighted by Gasteiger charge is 2.52. The van der Waals surface area contributed by atoms with Crippen molar-refractivity contribution in [2.45, 2.75) is 31.2 Å². The monoisotopic (exact) mass is 479 g/mol. The Bertz CT molecular complexity index is 1140. The Hall–Kier alpha value is -3.36. The molecule has 34 heavy (non-hydrogen) atoms. The third kappa shape index (κ3) is 6.36. The van der Waals surface area contributed by atoms with Crippen LogP contribution >= 0.6 is 12.1 Å². The van der Waals surface area contributed by atoms with Crippen LogP contribution < -0.4 is 5.73 Å². The van der Waals surface area contributed by atoms with Crippen LogP contribution in [0.2, 0.25) is 0 Å². The summed E-state index contributed by atoms with van der Waals surface area (Å²) in [7, 11) is 0. The lowest BCUT2D eigenvalue weighted by atomic mass is 9.74. The molecule has 0 amide bonds. The minimum absolute atomic E-state index is 0.349. The molecule has 5 nitrogen and oxygen atoms in total. The number of rotatable bonds is 9. The van der Waals surface area contributed by atoms with Crippen LogP contribution in [-0.4, -0.2) is 33.9 Å². The summed E-state index contributed by atoms with van der Waals surface area (Å²) in [6, 6.07) is 0. The summed E-state index contributed by atoms with van der Waals surface area (Å²) < 4.78 is 32.6. The molecule has 0 unspecified atom stereocenters. The van der Waals surface area contributed by atoms with Gasteiger partial charge in [0.1, 0.15) is 18.0 Å². The molecule has 0 aromatic carbocycles. The van der Waals surface area contributed by atoms with Crippen molar-refractivity contribution in [3.63, 3.8) is 0 Å². The van der Waals surface area contributed by atoms with E-state index in [1.807, 2.05) is 35.5 Å². The lowest BCUT2D eigenvalue weighted by Crippen LogP contribution is -2.56. The van der Waals surface area contributed by atoms with Gasteiger partial charge in [-0.15, -0.1) is 0 Å². The average Bonchev–Trinajstić information content (AvgIpc) is 2.77. The van der Waals surface area contributed by atoms with Crippen molar-refractivity contribution >= 4 is 30.3 Å². The Labute approximate surface area is 203 Å². The van der Waals surface area contributed by atoms with Crippen molar-refractivity contribution in [2.75, 3.05) is 0 Å². The van der Waals surface area contributed by atoms with Crippen molar-refractivity contribution in [1.82, 2.24) is 4.31 Å². The van der Waals surface area contributed by atoms with Gasteiger partial charge in [-0.1, -0.05) is 68.3 Å². The number of nitrogens with zero attached hydrogens (tertiary/aromatic N) is 4. The first kappa shape index (κ1) is 25.3. The highest BCUT2D eigenvalue weighted by atomic mass is 32.2. The fourth-order valence-corrected chi connectivity index (χ4v) is 4.08. The van der Waals surface area contributed by atoms with Gasteiger partial charge in [-0.25, -0.2) is 23.1 Å². The predicted molar refractivity (Wildman–Crippen MR) is 141 cm³/mol. The predicted octanol–water partition coefficient (Wildman–Crippen LogP) is 6.18. The number of hydrogen-bond donors (Lipinski definition) is 1. The number of halogens is 2. The Morgan fingerprint density at radius 3 is 2.59 bits per heavy atom. The summed E-state index contributed by atoms with van der Waals surface area (Å²) in [5.41, 5.74) is 8.17. The largest absolute Gasteiger partial charge is 0.322 e. The first-order valence-corrected chi connectivity index (χ1v) is 11.3. The zero-order valence-corrected chi connectivity index (χ0v) is 19.8. The van der Waals surface area contributed by atoms with Gasteiger partial charge in [0.25, 0.3) is 5.92 Å². The van der Waals surface area contributed by atoms with Crippen LogP contribution in [0, 0.1) is 0 Å². The molecule has 2 heterocycles. The first-order valence-electron chi connectivity index (χ1n) is 10.6. The van der Waals surface area contributed by atoms with Crippen LogP contribution in [0.5, 0.6) is 0 Å². The molecule has 1 fully saturated rings. The minimum atomic E-state index is -2.69. The van der Waals surface area contributed by atoms with Gasteiger partial charge >= 0.3 is 0 Å². The second-order valence-electron chi connectivity index (χ2n) is 8.02. The molecule has 1 aliphatic carbocycles. The van der Waals surface area contributed by atoms with E-state index in [1.54, 1.807) is 48.9 Å². The molecule has 176 valence electrons. The number of hydrogen-bond acceptors (Lipinski definition) is 6. The summed E-state index contributed by atoms with van der Waals surface area (Å²) in [4.78, 5) is 9.21. The van der Waals surface area contributed by atoms with Crippen LogP contribution in [0.3, 0.4) is 0 Å². The van der Waals surface area contributed by atoms with E-state index < -0.39 is 11.5 Å². The SMILES string of the molecule is C=C/C=C(C=C)/C=C/C1=C(/N=C/C(C=C)=C/C=C/C2(N)CC(F)(F)C2)N2SN=C(C)C=C2N=C1. The maximum Gasteiger partial charge on any atom is 0.252 e. The van der Waals surface area contributed by atoms with Crippen LogP contribution in [0.1, 0.15) is 19.8 Å². The van der Waals surface area contributed by atoms with Gasteiger partial charge in [0, 0.05) is 42.5 Å². The van der Waals surface area contributed by atoms with E-state index in [-0.39, 0.29) is 12.8 Å². The third-order valence-corrected chi connectivity index (χ3v) is 5.96. The van der Waals surface area contributed by atoms with E-state index in [1.165, 1.54) is 12.1 Å². The van der Waals surface area contributed by atoms with Crippen LogP contribution in [0.25, 0.3) is 0 Å². The van der Waals surface area contributed by atoms with Gasteiger partial charge in [0.05, 0.1) is 5.71 Å². The fraction of sp³-hybridized carbons (Fsp3) is 0.192. The molecular weight excluding hydrogens is 452 g/mol. The van der Waals surface area contributed by atoms with Gasteiger partial charge in [-0.2, -0.15) is 4.40 Å². The number of alkyl halides is 2. The molecule has 0 spiro atoms. The second kappa shape index (κ2) is 10.7. The molecule has 0 aromatic heterocycles. The lowest BCUT2D eigenvalue weighted by Gasteiger charge is -2.42. The quantitative estimate of drug-likeness (QED) is 0.244. The van der Waals surface area contributed by atoms with Gasteiger partial charge in [0.2, 0.25) is 0 Å². The van der Waals surface area contributed by atoms with Gasteiger partial charge in [0.15, 0.2) is 5.82 Å². The van der Waals surface area contributed by atoms with Crippen molar-refractivity contribution in [3.8, 4) is 0 Å². The topological polar surface area (TPSA) is 66.3 Å². The Morgan fingerprint density at radius 2 is 1.94 bits per heavy atom.